The molecule has 0 aliphatic carbocycles. The standard InChI is InChI=1S/C20H17ClFN5O/c1-10(2)17-16(26-19-12-5-6-23-18(12)24-9-25-19)8-14(20(28)27-17)13-7-11(21)3-4-15(13)22/h3-10H,1-2H3,(H,27,28)(H2,23,24,25,26). The van der Waals surface area contributed by atoms with Crippen LogP contribution in [0.25, 0.3) is 22.2 Å². The van der Waals surface area contributed by atoms with Crippen molar-refractivity contribution in [1.82, 2.24) is 19.9 Å². The Hall–Kier alpha value is -3.19. The zero-order valence-electron chi connectivity index (χ0n) is 15.2. The van der Waals surface area contributed by atoms with E-state index in [2.05, 4.69) is 25.3 Å². The summed E-state index contributed by atoms with van der Waals surface area (Å²) in [5, 5.41) is 4.41. The van der Waals surface area contributed by atoms with Gasteiger partial charge in [-0.15, -0.1) is 0 Å². The molecule has 0 amide bonds. The van der Waals surface area contributed by atoms with Gasteiger partial charge in [-0.3, -0.25) is 4.79 Å². The van der Waals surface area contributed by atoms with Crippen LogP contribution in [0.2, 0.25) is 5.02 Å². The van der Waals surface area contributed by atoms with Crippen LogP contribution in [0.15, 0.2) is 47.7 Å². The van der Waals surface area contributed by atoms with Gasteiger partial charge in [0.1, 0.15) is 23.6 Å². The van der Waals surface area contributed by atoms with Gasteiger partial charge in [0.05, 0.1) is 16.6 Å². The first-order valence-corrected chi connectivity index (χ1v) is 9.09. The first kappa shape index (κ1) is 18.2. The number of anilines is 2. The highest BCUT2D eigenvalue weighted by Gasteiger charge is 2.17. The van der Waals surface area contributed by atoms with Gasteiger partial charge in [0.25, 0.3) is 5.56 Å². The molecule has 1 aromatic carbocycles. The largest absolute Gasteiger partial charge is 0.346 e. The van der Waals surface area contributed by atoms with Crippen LogP contribution in [0.1, 0.15) is 25.5 Å². The highest BCUT2D eigenvalue weighted by Crippen LogP contribution is 2.31. The topological polar surface area (TPSA) is 86.5 Å². The molecule has 0 atom stereocenters. The summed E-state index contributed by atoms with van der Waals surface area (Å²) < 4.78 is 14.4. The molecule has 0 fully saturated rings. The van der Waals surface area contributed by atoms with Crippen molar-refractivity contribution >= 4 is 34.1 Å². The Labute approximate surface area is 164 Å². The van der Waals surface area contributed by atoms with E-state index in [1.54, 1.807) is 12.3 Å². The molecule has 4 rings (SSSR count). The molecular formula is C20H17ClFN5O. The number of fused-ring (bicyclic) bond motifs is 1. The van der Waals surface area contributed by atoms with E-state index in [9.17, 15) is 9.18 Å². The maximum atomic E-state index is 14.4. The maximum Gasteiger partial charge on any atom is 0.256 e. The number of benzene rings is 1. The Morgan fingerprint density at radius 2 is 1.96 bits per heavy atom. The molecule has 142 valence electrons. The molecule has 0 saturated heterocycles. The summed E-state index contributed by atoms with van der Waals surface area (Å²) in [6.45, 7) is 3.92. The molecule has 0 spiro atoms. The zero-order chi connectivity index (χ0) is 19.8. The lowest BCUT2D eigenvalue weighted by Crippen LogP contribution is -2.15. The highest BCUT2D eigenvalue weighted by molar-refractivity contribution is 6.30. The molecule has 0 aliphatic rings. The SMILES string of the molecule is CC(C)c1[nH]c(=O)c(-c2cc(Cl)ccc2F)cc1Nc1ncnc2[nH]ccc12. The van der Waals surface area contributed by atoms with Crippen molar-refractivity contribution in [1.29, 1.82) is 0 Å². The van der Waals surface area contributed by atoms with Crippen LogP contribution in [0.4, 0.5) is 15.9 Å². The fourth-order valence-corrected chi connectivity index (χ4v) is 3.28. The Morgan fingerprint density at radius 1 is 1.14 bits per heavy atom. The molecule has 0 radical (unpaired) electrons. The molecule has 4 aromatic rings. The molecule has 0 saturated carbocycles. The summed E-state index contributed by atoms with van der Waals surface area (Å²) in [6, 6.07) is 7.61. The van der Waals surface area contributed by atoms with E-state index in [1.165, 1.54) is 24.5 Å². The lowest BCUT2D eigenvalue weighted by Gasteiger charge is -2.16. The first-order valence-electron chi connectivity index (χ1n) is 8.72. The third kappa shape index (κ3) is 3.25. The van der Waals surface area contributed by atoms with E-state index < -0.39 is 5.82 Å². The maximum absolute atomic E-state index is 14.4. The number of hydrogen-bond acceptors (Lipinski definition) is 4. The highest BCUT2D eigenvalue weighted by atomic mass is 35.5. The van der Waals surface area contributed by atoms with Crippen LogP contribution < -0.4 is 10.9 Å². The van der Waals surface area contributed by atoms with E-state index >= 15 is 0 Å². The van der Waals surface area contributed by atoms with Gasteiger partial charge in [0, 0.05) is 22.5 Å². The van der Waals surface area contributed by atoms with Crippen molar-refractivity contribution in [2.24, 2.45) is 0 Å². The second-order valence-corrected chi connectivity index (χ2v) is 7.14. The summed E-state index contributed by atoms with van der Waals surface area (Å²) in [5.74, 6) is 0.0861. The molecule has 3 heterocycles. The van der Waals surface area contributed by atoms with E-state index in [-0.39, 0.29) is 22.6 Å². The van der Waals surface area contributed by atoms with Gasteiger partial charge < -0.3 is 15.3 Å². The number of halogens is 2. The molecule has 28 heavy (non-hydrogen) atoms. The Morgan fingerprint density at radius 3 is 2.75 bits per heavy atom. The van der Waals surface area contributed by atoms with Crippen molar-refractivity contribution < 1.29 is 4.39 Å². The smallest absolute Gasteiger partial charge is 0.256 e. The number of pyridine rings is 1. The number of hydrogen-bond donors (Lipinski definition) is 3. The molecule has 3 N–H and O–H groups in total. The van der Waals surface area contributed by atoms with Gasteiger partial charge in [-0.05, 0) is 36.2 Å². The fraction of sp³-hybridized carbons (Fsp3) is 0.150. The number of nitrogens with one attached hydrogen (secondary N) is 3. The Bertz CT molecular complexity index is 1230. The normalized spacial score (nSPS) is 11.3. The van der Waals surface area contributed by atoms with Crippen molar-refractivity contribution in [2.45, 2.75) is 19.8 Å². The van der Waals surface area contributed by atoms with Gasteiger partial charge in [-0.25, -0.2) is 14.4 Å². The van der Waals surface area contributed by atoms with Crippen molar-refractivity contribution in [3.05, 3.63) is 69.7 Å². The van der Waals surface area contributed by atoms with Crippen LogP contribution in [-0.4, -0.2) is 19.9 Å². The van der Waals surface area contributed by atoms with Crippen LogP contribution in [-0.2, 0) is 0 Å². The number of rotatable bonds is 4. The van der Waals surface area contributed by atoms with Crippen molar-refractivity contribution in [3.63, 3.8) is 0 Å². The quantitative estimate of drug-likeness (QED) is 0.453. The molecule has 0 unspecified atom stereocenters. The minimum absolute atomic E-state index is 0.0250. The Balaban J connectivity index is 1.89. The second-order valence-electron chi connectivity index (χ2n) is 6.71. The lowest BCUT2D eigenvalue weighted by molar-refractivity contribution is 0.631. The number of H-pyrrole nitrogens is 2. The van der Waals surface area contributed by atoms with Gasteiger partial charge in [0.2, 0.25) is 0 Å². The molecular weight excluding hydrogens is 381 g/mol. The minimum Gasteiger partial charge on any atom is -0.346 e. The van der Waals surface area contributed by atoms with Crippen molar-refractivity contribution in [3.8, 4) is 11.1 Å². The molecule has 8 heteroatoms. The van der Waals surface area contributed by atoms with Crippen LogP contribution in [0, 0.1) is 5.82 Å². The zero-order valence-corrected chi connectivity index (χ0v) is 15.9. The third-order valence-corrected chi connectivity index (χ3v) is 4.71. The summed E-state index contributed by atoms with van der Waals surface area (Å²) in [7, 11) is 0. The molecule has 0 bridgehead atoms. The lowest BCUT2D eigenvalue weighted by atomic mass is 10.0. The van der Waals surface area contributed by atoms with Crippen LogP contribution >= 0.6 is 11.6 Å². The number of nitrogens with zero attached hydrogens (tertiary/aromatic N) is 2. The van der Waals surface area contributed by atoms with Gasteiger partial charge in [-0.2, -0.15) is 0 Å². The van der Waals surface area contributed by atoms with Crippen LogP contribution in [0.5, 0.6) is 0 Å². The summed E-state index contributed by atoms with van der Waals surface area (Å²) in [4.78, 5) is 27.0. The van der Waals surface area contributed by atoms with E-state index in [0.717, 1.165) is 5.39 Å². The van der Waals surface area contributed by atoms with E-state index in [4.69, 9.17) is 11.6 Å². The van der Waals surface area contributed by atoms with Crippen molar-refractivity contribution in [2.75, 3.05) is 5.32 Å². The van der Waals surface area contributed by atoms with Crippen LogP contribution in [0.3, 0.4) is 0 Å². The van der Waals surface area contributed by atoms with Gasteiger partial charge in [-0.1, -0.05) is 25.4 Å². The Kier molecular flexibility index (Phi) is 4.60. The molecule has 3 aromatic heterocycles. The second kappa shape index (κ2) is 7.09. The third-order valence-electron chi connectivity index (χ3n) is 4.47. The van der Waals surface area contributed by atoms with E-state index in [1.807, 2.05) is 19.9 Å². The summed E-state index contributed by atoms with van der Waals surface area (Å²) in [5.41, 5.74) is 1.95. The average molecular weight is 398 g/mol. The minimum atomic E-state index is -0.520. The van der Waals surface area contributed by atoms with Gasteiger partial charge in [0.15, 0.2) is 0 Å². The van der Waals surface area contributed by atoms with Gasteiger partial charge >= 0.3 is 0 Å². The molecule has 6 nitrogen and oxygen atoms in total. The predicted molar refractivity (Wildman–Crippen MR) is 109 cm³/mol. The fourth-order valence-electron chi connectivity index (χ4n) is 3.11. The first-order chi connectivity index (χ1) is 13.4. The predicted octanol–water partition coefficient (Wildman–Crippen LogP) is 4.97. The average Bonchev–Trinajstić information content (AvgIpc) is 3.14. The summed E-state index contributed by atoms with van der Waals surface area (Å²) >= 11 is 6.01. The summed E-state index contributed by atoms with van der Waals surface area (Å²) in [6.07, 6.45) is 3.22. The molecule has 0 aliphatic heterocycles. The number of aromatic nitrogens is 4. The monoisotopic (exact) mass is 397 g/mol. The number of aromatic amines is 2. The van der Waals surface area contributed by atoms with E-state index in [0.29, 0.717) is 27.9 Å².